The number of rotatable bonds is 6. The molecule has 0 aliphatic heterocycles. The highest BCUT2D eigenvalue weighted by atomic mass is 35.5. The highest BCUT2D eigenvalue weighted by Crippen LogP contribution is 2.22. The molecule has 1 aromatic carbocycles. The molecule has 0 saturated heterocycles. The van der Waals surface area contributed by atoms with Crippen molar-refractivity contribution in [2.45, 2.75) is 25.8 Å². The minimum atomic E-state index is 0.184. The molecule has 18 heavy (non-hydrogen) atoms. The van der Waals surface area contributed by atoms with Gasteiger partial charge in [0.15, 0.2) is 0 Å². The monoisotopic (exact) mass is 281 g/mol. The zero-order chi connectivity index (χ0) is 12.8. The highest BCUT2D eigenvalue weighted by Gasteiger charge is 2.15. The van der Waals surface area contributed by atoms with Gasteiger partial charge in [-0.25, -0.2) is 0 Å². The van der Waals surface area contributed by atoms with Gasteiger partial charge in [0.1, 0.15) is 0 Å². The molecule has 0 aliphatic carbocycles. The summed E-state index contributed by atoms with van der Waals surface area (Å²) < 4.78 is 8.39. The summed E-state index contributed by atoms with van der Waals surface area (Å²) >= 11 is 7.45. The molecule has 1 heterocycles. The Kier molecular flexibility index (Phi) is 5.11. The van der Waals surface area contributed by atoms with E-state index in [-0.39, 0.29) is 6.04 Å². The molecular weight excluding hydrogens is 266 g/mol. The van der Waals surface area contributed by atoms with E-state index in [0.717, 1.165) is 35.7 Å². The second-order valence-electron chi connectivity index (χ2n) is 4.13. The Morgan fingerprint density at radius 1 is 1.39 bits per heavy atom. The number of nitrogens with one attached hydrogen (secondary N) is 1. The van der Waals surface area contributed by atoms with E-state index in [9.17, 15) is 0 Å². The summed E-state index contributed by atoms with van der Waals surface area (Å²) in [7, 11) is 0. The lowest BCUT2D eigenvalue weighted by molar-refractivity contribution is 0.521. The van der Waals surface area contributed by atoms with Crippen LogP contribution in [0.1, 0.15) is 30.6 Å². The zero-order valence-corrected chi connectivity index (χ0v) is 11.8. The van der Waals surface area contributed by atoms with Gasteiger partial charge in [-0.1, -0.05) is 36.7 Å². The van der Waals surface area contributed by atoms with Crippen LogP contribution in [-0.4, -0.2) is 15.3 Å². The molecule has 1 unspecified atom stereocenters. The molecule has 0 bridgehead atoms. The number of hydrogen-bond donors (Lipinski definition) is 1. The molecule has 0 spiro atoms. The standard InChI is InChI=1S/C13H16ClN3S/c1-2-7-15-12(13-9-16-18-17-13)8-10-5-3-4-6-11(10)14/h3-6,9,12,15H,2,7-8H2,1H3. The molecule has 0 aliphatic rings. The van der Waals surface area contributed by atoms with Crippen molar-refractivity contribution < 1.29 is 0 Å². The lowest BCUT2D eigenvalue weighted by Gasteiger charge is -2.16. The molecule has 96 valence electrons. The molecule has 1 atom stereocenters. The van der Waals surface area contributed by atoms with E-state index in [1.165, 1.54) is 11.7 Å². The number of nitrogens with zero attached hydrogens (tertiary/aromatic N) is 2. The Morgan fingerprint density at radius 2 is 2.22 bits per heavy atom. The molecule has 0 fully saturated rings. The van der Waals surface area contributed by atoms with Gasteiger partial charge in [-0.3, -0.25) is 0 Å². The second kappa shape index (κ2) is 6.83. The molecule has 1 N–H and O–H groups in total. The maximum atomic E-state index is 6.20. The van der Waals surface area contributed by atoms with Crippen molar-refractivity contribution in [3.63, 3.8) is 0 Å². The van der Waals surface area contributed by atoms with Crippen LogP contribution >= 0.6 is 23.3 Å². The van der Waals surface area contributed by atoms with Crippen LogP contribution in [-0.2, 0) is 6.42 Å². The largest absolute Gasteiger partial charge is 0.308 e. The van der Waals surface area contributed by atoms with Gasteiger partial charge in [0.2, 0.25) is 0 Å². The van der Waals surface area contributed by atoms with Crippen LogP contribution in [0, 0.1) is 0 Å². The Labute approximate surface area is 117 Å². The number of hydrogen-bond acceptors (Lipinski definition) is 4. The van der Waals surface area contributed by atoms with E-state index in [1.54, 1.807) is 0 Å². The van der Waals surface area contributed by atoms with E-state index in [1.807, 2.05) is 24.4 Å². The maximum absolute atomic E-state index is 6.20. The first-order valence-corrected chi connectivity index (χ1v) is 7.16. The second-order valence-corrected chi connectivity index (χ2v) is 5.10. The molecule has 0 saturated carbocycles. The van der Waals surface area contributed by atoms with Crippen LogP contribution in [0.15, 0.2) is 30.5 Å². The first-order valence-electron chi connectivity index (χ1n) is 6.05. The predicted molar refractivity (Wildman–Crippen MR) is 76.1 cm³/mol. The third-order valence-electron chi connectivity index (χ3n) is 2.76. The molecule has 2 aromatic rings. The fraction of sp³-hybridized carbons (Fsp3) is 0.385. The van der Waals surface area contributed by atoms with Crippen molar-refractivity contribution in [1.82, 2.24) is 14.1 Å². The van der Waals surface area contributed by atoms with Crippen molar-refractivity contribution >= 4 is 23.3 Å². The predicted octanol–water partition coefficient (Wildman–Crippen LogP) is 3.47. The summed E-state index contributed by atoms with van der Waals surface area (Å²) in [6.45, 7) is 3.12. The normalized spacial score (nSPS) is 12.6. The lowest BCUT2D eigenvalue weighted by atomic mass is 10.0. The summed E-state index contributed by atoms with van der Waals surface area (Å²) in [6, 6.07) is 8.13. The van der Waals surface area contributed by atoms with Crippen molar-refractivity contribution in [1.29, 1.82) is 0 Å². The molecular formula is C13H16ClN3S. The molecule has 0 radical (unpaired) electrons. The first-order chi connectivity index (χ1) is 8.81. The molecule has 0 amide bonds. The van der Waals surface area contributed by atoms with Crippen LogP contribution in [0.5, 0.6) is 0 Å². The van der Waals surface area contributed by atoms with E-state index in [2.05, 4.69) is 27.1 Å². The van der Waals surface area contributed by atoms with E-state index in [4.69, 9.17) is 11.6 Å². The van der Waals surface area contributed by atoms with Crippen LogP contribution in [0.2, 0.25) is 5.02 Å². The topological polar surface area (TPSA) is 37.8 Å². The average Bonchev–Trinajstić information content (AvgIpc) is 2.90. The van der Waals surface area contributed by atoms with E-state index < -0.39 is 0 Å². The summed E-state index contributed by atoms with van der Waals surface area (Å²) in [6.07, 6.45) is 3.76. The third-order valence-corrected chi connectivity index (χ3v) is 3.62. The summed E-state index contributed by atoms with van der Waals surface area (Å²) in [4.78, 5) is 0. The fourth-order valence-electron chi connectivity index (χ4n) is 1.81. The van der Waals surface area contributed by atoms with E-state index in [0.29, 0.717) is 0 Å². The molecule has 1 aromatic heterocycles. The maximum Gasteiger partial charge on any atom is 0.0915 e. The summed E-state index contributed by atoms with van der Waals surface area (Å²) in [5, 5.41) is 4.30. The highest BCUT2D eigenvalue weighted by molar-refractivity contribution is 6.99. The third kappa shape index (κ3) is 3.51. The number of halogens is 1. The van der Waals surface area contributed by atoms with Gasteiger partial charge >= 0.3 is 0 Å². The van der Waals surface area contributed by atoms with Crippen molar-refractivity contribution in [3.8, 4) is 0 Å². The summed E-state index contributed by atoms with van der Waals surface area (Å²) in [5.41, 5.74) is 2.13. The Morgan fingerprint density at radius 3 is 2.89 bits per heavy atom. The zero-order valence-electron chi connectivity index (χ0n) is 10.3. The van der Waals surface area contributed by atoms with Gasteiger partial charge in [-0.15, -0.1) is 0 Å². The van der Waals surface area contributed by atoms with Crippen molar-refractivity contribution in [3.05, 3.63) is 46.7 Å². The fourth-order valence-corrected chi connectivity index (χ4v) is 2.49. The van der Waals surface area contributed by atoms with Crippen molar-refractivity contribution in [2.75, 3.05) is 6.54 Å². The van der Waals surface area contributed by atoms with Crippen LogP contribution < -0.4 is 5.32 Å². The smallest absolute Gasteiger partial charge is 0.0915 e. The Balaban J connectivity index is 2.13. The molecule has 2 rings (SSSR count). The Hall–Kier alpha value is -0.970. The number of benzene rings is 1. The van der Waals surface area contributed by atoms with Gasteiger partial charge in [0.05, 0.1) is 29.7 Å². The van der Waals surface area contributed by atoms with Gasteiger partial charge in [0.25, 0.3) is 0 Å². The summed E-state index contributed by atoms with van der Waals surface area (Å²) in [5.74, 6) is 0. The van der Waals surface area contributed by atoms with Crippen LogP contribution in [0.3, 0.4) is 0 Å². The van der Waals surface area contributed by atoms with Crippen LogP contribution in [0.4, 0.5) is 0 Å². The average molecular weight is 282 g/mol. The van der Waals surface area contributed by atoms with E-state index >= 15 is 0 Å². The van der Waals surface area contributed by atoms with Gasteiger partial charge in [0, 0.05) is 5.02 Å². The van der Waals surface area contributed by atoms with Gasteiger partial charge in [-0.05, 0) is 31.0 Å². The SMILES string of the molecule is CCCNC(Cc1ccccc1Cl)c1cnsn1. The van der Waals surface area contributed by atoms with Gasteiger partial charge in [-0.2, -0.15) is 8.75 Å². The minimum Gasteiger partial charge on any atom is -0.308 e. The van der Waals surface area contributed by atoms with Crippen LogP contribution in [0.25, 0.3) is 0 Å². The lowest BCUT2D eigenvalue weighted by Crippen LogP contribution is -2.24. The Bertz CT molecular complexity index is 473. The quantitative estimate of drug-likeness (QED) is 0.881. The van der Waals surface area contributed by atoms with Gasteiger partial charge < -0.3 is 5.32 Å². The molecule has 5 heteroatoms. The minimum absolute atomic E-state index is 0.184. The first kappa shape index (κ1) is 13.5. The number of aromatic nitrogens is 2. The molecule has 3 nitrogen and oxygen atoms in total. The van der Waals surface area contributed by atoms with Crippen molar-refractivity contribution in [2.24, 2.45) is 0 Å².